The SMILES string of the molecule is CN1CCC(C(C)(O)c2cccc(N)c2)C1. The Balaban J connectivity index is 2.24. The molecular weight excluding hydrogens is 200 g/mol. The second-order valence-corrected chi connectivity index (χ2v) is 5.02. The van der Waals surface area contributed by atoms with E-state index in [0.29, 0.717) is 11.6 Å². The molecule has 3 heteroatoms. The third-order valence-corrected chi connectivity index (χ3v) is 3.66. The third kappa shape index (κ3) is 2.06. The lowest BCUT2D eigenvalue weighted by Crippen LogP contribution is -2.33. The lowest BCUT2D eigenvalue weighted by Gasteiger charge is -2.30. The van der Waals surface area contributed by atoms with Crippen molar-refractivity contribution in [2.45, 2.75) is 18.9 Å². The maximum Gasteiger partial charge on any atom is 0.0909 e. The average molecular weight is 220 g/mol. The molecule has 16 heavy (non-hydrogen) atoms. The number of anilines is 1. The van der Waals surface area contributed by atoms with Crippen LogP contribution in [0.1, 0.15) is 18.9 Å². The van der Waals surface area contributed by atoms with Crippen LogP contribution in [0.2, 0.25) is 0 Å². The van der Waals surface area contributed by atoms with Crippen molar-refractivity contribution < 1.29 is 5.11 Å². The minimum atomic E-state index is -0.778. The highest BCUT2D eigenvalue weighted by atomic mass is 16.3. The van der Waals surface area contributed by atoms with Gasteiger partial charge in [-0.2, -0.15) is 0 Å². The summed E-state index contributed by atoms with van der Waals surface area (Å²) >= 11 is 0. The van der Waals surface area contributed by atoms with Gasteiger partial charge >= 0.3 is 0 Å². The van der Waals surface area contributed by atoms with Crippen LogP contribution in [0.4, 0.5) is 5.69 Å². The first kappa shape index (κ1) is 11.4. The number of benzene rings is 1. The van der Waals surface area contributed by atoms with E-state index in [1.54, 1.807) is 0 Å². The minimum Gasteiger partial charge on any atom is -0.399 e. The van der Waals surface area contributed by atoms with Gasteiger partial charge < -0.3 is 15.7 Å². The molecule has 1 aliphatic rings. The fourth-order valence-corrected chi connectivity index (χ4v) is 2.48. The zero-order valence-corrected chi connectivity index (χ0v) is 9.98. The summed E-state index contributed by atoms with van der Waals surface area (Å²) in [6.07, 6.45) is 1.04. The predicted octanol–water partition coefficient (Wildman–Crippen LogP) is 1.43. The Bertz CT molecular complexity index is 376. The summed E-state index contributed by atoms with van der Waals surface area (Å²) < 4.78 is 0. The van der Waals surface area contributed by atoms with Crippen molar-refractivity contribution in [3.05, 3.63) is 29.8 Å². The monoisotopic (exact) mass is 220 g/mol. The lowest BCUT2D eigenvalue weighted by atomic mass is 9.82. The fraction of sp³-hybridized carbons (Fsp3) is 0.538. The molecule has 0 spiro atoms. The van der Waals surface area contributed by atoms with Crippen LogP contribution in [0.25, 0.3) is 0 Å². The number of aliphatic hydroxyl groups is 1. The molecule has 1 aromatic carbocycles. The highest BCUT2D eigenvalue weighted by molar-refractivity contribution is 5.42. The number of hydrogen-bond donors (Lipinski definition) is 2. The first-order chi connectivity index (χ1) is 7.50. The molecule has 2 unspecified atom stereocenters. The molecule has 1 heterocycles. The quantitative estimate of drug-likeness (QED) is 0.741. The summed E-state index contributed by atoms with van der Waals surface area (Å²) in [5.41, 5.74) is 6.62. The predicted molar refractivity (Wildman–Crippen MR) is 66.0 cm³/mol. The van der Waals surface area contributed by atoms with Gasteiger partial charge in [-0.3, -0.25) is 0 Å². The summed E-state index contributed by atoms with van der Waals surface area (Å²) in [5.74, 6) is 0.291. The molecule has 0 radical (unpaired) electrons. The van der Waals surface area contributed by atoms with Gasteiger partial charge in [-0.15, -0.1) is 0 Å². The number of nitrogen functional groups attached to an aromatic ring is 1. The largest absolute Gasteiger partial charge is 0.399 e. The number of nitrogens with zero attached hydrogens (tertiary/aromatic N) is 1. The van der Waals surface area contributed by atoms with Crippen LogP contribution >= 0.6 is 0 Å². The summed E-state index contributed by atoms with van der Waals surface area (Å²) in [6, 6.07) is 7.57. The molecule has 3 nitrogen and oxygen atoms in total. The standard InChI is InChI=1S/C13H20N2O/c1-13(16,11-6-7-15(2)9-11)10-4-3-5-12(14)8-10/h3-5,8,11,16H,6-7,9,14H2,1-2H3. The van der Waals surface area contributed by atoms with Crippen molar-refractivity contribution in [3.63, 3.8) is 0 Å². The summed E-state index contributed by atoms with van der Waals surface area (Å²) in [4.78, 5) is 2.26. The van der Waals surface area contributed by atoms with Gasteiger partial charge in [-0.25, -0.2) is 0 Å². The van der Waals surface area contributed by atoms with Crippen LogP contribution < -0.4 is 5.73 Å². The second-order valence-electron chi connectivity index (χ2n) is 5.02. The van der Waals surface area contributed by atoms with Crippen LogP contribution in [0.5, 0.6) is 0 Å². The summed E-state index contributed by atoms with van der Waals surface area (Å²) in [6.45, 7) is 3.90. The van der Waals surface area contributed by atoms with Gasteiger partial charge in [0.15, 0.2) is 0 Å². The van der Waals surface area contributed by atoms with Crippen LogP contribution in [0, 0.1) is 5.92 Å². The maximum atomic E-state index is 10.6. The van der Waals surface area contributed by atoms with Crippen molar-refractivity contribution in [1.29, 1.82) is 0 Å². The molecular formula is C13H20N2O. The topological polar surface area (TPSA) is 49.5 Å². The molecule has 0 aromatic heterocycles. The molecule has 3 N–H and O–H groups in total. The molecule has 0 bridgehead atoms. The van der Waals surface area contributed by atoms with Gasteiger partial charge in [-0.1, -0.05) is 12.1 Å². The van der Waals surface area contributed by atoms with E-state index in [0.717, 1.165) is 25.1 Å². The van der Waals surface area contributed by atoms with E-state index in [2.05, 4.69) is 11.9 Å². The van der Waals surface area contributed by atoms with Crippen molar-refractivity contribution >= 4 is 5.69 Å². The van der Waals surface area contributed by atoms with Gasteiger partial charge in [0.2, 0.25) is 0 Å². The Labute approximate surface area is 96.9 Å². The third-order valence-electron chi connectivity index (χ3n) is 3.66. The molecule has 2 atom stereocenters. The number of nitrogens with two attached hydrogens (primary N) is 1. The average Bonchev–Trinajstić information content (AvgIpc) is 2.65. The minimum absolute atomic E-state index is 0.291. The fourth-order valence-electron chi connectivity index (χ4n) is 2.48. The molecule has 0 aliphatic carbocycles. The van der Waals surface area contributed by atoms with Crippen molar-refractivity contribution in [3.8, 4) is 0 Å². The van der Waals surface area contributed by atoms with E-state index < -0.39 is 5.60 Å². The van der Waals surface area contributed by atoms with Crippen LogP contribution in [-0.2, 0) is 5.60 Å². The molecule has 88 valence electrons. The number of likely N-dealkylation sites (tertiary alicyclic amines) is 1. The van der Waals surface area contributed by atoms with Crippen molar-refractivity contribution in [2.24, 2.45) is 5.92 Å². The van der Waals surface area contributed by atoms with Gasteiger partial charge in [0.05, 0.1) is 5.60 Å². The van der Waals surface area contributed by atoms with E-state index in [1.807, 2.05) is 31.2 Å². The van der Waals surface area contributed by atoms with E-state index >= 15 is 0 Å². The van der Waals surface area contributed by atoms with E-state index in [-0.39, 0.29) is 0 Å². The van der Waals surface area contributed by atoms with Crippen molar-refractivity contribution in [2.75, 3.05) is 25.9 Å². The lowest BCUT2D eigenvalue weighted by molar-refractivity contribution is -0.00115. The summed E-state index contributed by atoms with van der Waals surface area (Å²) in [7, 11) is 2.09. The van der Waals surface area contributed by atoms with Crippen molar-refractivity contribution in [1.82, 2.24) is 4.90 Å². The molecule has 1 aliphatic heterocycles. The maximum absolute atomic E-state index is 10.6. The first-order valence-corrected chi connectivity index (χ1v) is 5.77. The Kier molecular flexibility index (Phi) is 2.91. The highest BCUT2D eigenvalue weighted by Gasteiger charge is 2.37. The second kappa shape index (κ2) is 4.07. The first-order valence-electron chi connectivity index (χ1n) is 5.77. The van der Waals surface area contributed by atoms with Gasteiger partial charge in [0, 0.05) is 18.2 Å². The van der Waals surface area contributed by atoms with Gasteiger partial charge in [0.25, 0.3) is 0 Å². The van der Waals surface area contributed by atoms with E-state index in [4.69, 9.17) is 5.73 Å². The smallest absolute Gasteiger partial charge is 0.0909 e. The Morgan fingerprint density at radius 1 is 1.50 bits per heavy atom. The molecule has 1 aromatic rings. The molecule has 1 fully saturated rings. The Hall–Kier alpha value is -1.06. The Morgan fingerprint density at radius 3 is 2.81 bits per heavy atom. The normalized spacial score (nSPS) is 25.6. The molecule has 1 saturated heterocycles. The van der Waals surface area contributed by atoms with E-state index in [1.165, 1.54) is 0 Å². The number of hydrogen-bond acceptors (Lipinski definition) is 3. The zero-order valence-electron chi connectivity index (χ0n) is 9.98. The van der Waals surface area contributed by atoms with Crippen LogP contribution in [-0.4, -0.2) is 30.1 Å². The van der Waals surface area contributed by atoms with Gasteiger partial charge in [0.1, 0.15) is 0 Å². The van der Waals surface area contributed by atoms with Crippen LogP contribution in [0.3, 0.4) is 0 Å². The highest BCUT2D eigenvalue weighted by Crippen LogP contribution is 2.35. The summed E-state index contributed by atoms with van der Waals surface area (Å²) in [5, 5.41) is 10.6. The van der Waals surface area contributed by atoms with Gasteiger partial charge in [-0.05, 0) is 44.6 Å². The molecule has 0 saturated carbocycles. The van der Waals surface area contributed by atoms with Crippen LogP contribution in [0.15, 0.2) is 24.3 Å². The molecule has 0 amide bonds. The Morgan fingerprint density at radius 2 is 2.25 bits per heavy atom. The number of rotatable bonds is 2. The zero-order chi connectivity index (χ0) is 11.8. The molecule has 2 rings (SSSR count). The van der Waals surface area contributed by atoms with E-state index in [9.17, 15) is 5.11 Å².